The quantitative estimate of drug-likeness (QED) is 0.0537. The third kappa shape index (κ3) is 12.2. The van der Waals surface area contributed by atoms with Gasteiger partial charge in [-0.05, 0) is 55.5 Å². The number of benzene rings is 2. The Kier molecular flexibility index (Phi) is 16.3. The van der Waals surface area contributed by atoms with Crippen LogP contribution in [0.5, 0.6) is 23.0 Å². The van der Waals surface area contributed by atoms with E-state index in [0.717, 1.165) is 12.1 Å². The number of carbonyl (C=O) groups excluding carboxylic acids is 4. The maximum absolute atomic E-state index is 13.8. The lowest BCUT2D eigenvalue weighted by Gasteiger charge is -2.37. The second-order valence-corrected chi connectivity index (χ2v) is 28.7. The summed E-state index contributed by atoms with van der Waals surface area (Å²) < 4.78 is 35.3. The summed E-state index contributed by atoms with van der Waals surface area (Å²) >= 11 is 0. The maximum Gasteiger partial charge on any atom is 0.286 e. The van der Waals surface area contributed by atoms with Crippen LogP contribution >= 0.6 is 0 Å². The highest BCUT2D eigenvalue weighted by atomic mass is 28.4. The fraction of sp³-hybridized carbons (Fsp3) is 0.628. The first-order chi connectivity index (χ1) is 29.2. The van der Waals surface area contributed by atoms with Crippen molar-refractivity contribution in [2.75, 3.05) is 53.7 Å². The first-order valence-electron chi connectivity index (χ1n) is 21.1. The second-order valence-electron chi connectivity index (χ2n) is 19.1. The van der Waals surface area contributed by atoms with Crippen molar-refractivity contribution in [3.05, 3.63) is 55.6 Å². The number of rotatable bonds is 20. The minimum atomic E-state index is -2.21. The molecule has 0 aromatic heterocycles. The Hall–Kier alpha value is -4.93. The van der Waals surface area contributed by atoms with E-state index >= 15 is 0 Å². The van der Waals surface area contributed by atoms with Crippen LogP contribution < -0.4 is 18.9 Å². The number of hydrogen-bond donors (Lipinski definition) is 0. The highest BCUT2D eigenvalue weighted by Crippen LogP contribution is 2.41. The first-order valence-corrected chi connectivity index (χ1v) is 27.0. The molecule has 2 heterocycles. The van der Waals surface area contributed by atoms with Gasteiger partial charge in [0.25, 0.3) is 23.2 Å². The predicted octanol–water partition coefficient (Wildman–Crippen LogP) is 7.76. The number of methoxy groups -OCH3 is 2. The molecule has 0 spiro atoms. The SMILES string of the molecule is COc1cc(C(=O)N2CC(=O)CC2CO[Si](C)(C)C(C)(C)C)c([N+](=O)[O-])cc1OCCCCCOc1cc([N+](=O)[O-])c(C(=O)N2CC(=O)CC2CO[Si](C)(C)C(C)(C)C)cc1OC. The van der Waals surface area contributed by atoms with E-state index in [1.54, 1.807) is 0 Å². The number of hydrogen-bond acceptors (Lipinski definition) is 14. The monoisotopic (exact) mass is 916 g/mol. The van der Waals surface area contributed by atoms with Crippen molar-refractivity contribution < 1.29 is 56.8 Å². The third-order valence-electron chi connectivity index (χ3n) is 12.6. The number of nitrogens with zero attached hydrogens (tertiary/aromatic N) is 4. The molecule has 2 atom stereocenters. The molecule has 2 aromatic carbocycles. The second kappa shape index (κ2) is 20.3. The van der Waals surface area contributed by atoms with E-state index in [0.29, 0.717) is 19.3 Å². The minimum Gasteiger partial charge on any atom is -0.493 e. The standard InChI is InChI=1S/C43H64N4O14Si2/c1-42(2,3)62(9,10)60-26-28-18-30(48)24-44(28)40(50)32-20-36(56-7)38(22-34(32)46(52)53)58-16-14-13-15-17-59-39-23-35(47(54)55)33(21-37(39)57-8)41(51)45-25-31(49)19-29(45)27-61-63(11,12)43(4,5)6/h20-23,28-29H,13-19,24-27H2,1-12H3. The summed E-state index contributed by atoms with van der Waals surface area (Å²) in [4.78, 5) is 78.6. The Morgan fingerprint density at radius 3 is 1.29 bits per heavy atom. The fourth-order valence-electron chi connectivity index (χ4n) is 6.67. The van der Waals surface area contributed by atoms with Crippen molar-refractivity contribution in [2.45, 2.75) is 122 Å². The van der Waals surface area contributed by atoms with E-state index in [4.69, 9.17) is 27.8 Å². The van der Waals surface area contributed by atoms with Crippen LogP contribution in [-0.2, 0) is 18.4 Å². The molecule has 0 bridgehead atoms. The van der Waals surface area contributed by atoms with Crippen LogP contribution in [0.15, 0.2) is 24.3 Å². The van der Waals surface area contributed by atoms with Gasteiger partial charge in [0.1, 0.15) is 11.1 Å². The molecule has 2 aliphatic heterocycles. The van der Waals surface area contributed by atoms with Crippen LogP contribution in [0, 0.1) is 20.2 Å². The van der Waals surface area contributed by atoms with E-state index < -0.39 is 61.8 Å². The van der Waals surface area contributed by atoms with Crippen molar-refractivity contribution in [3.8, 4) is 23.0 Å². The summed E-state index contributed by atoms with van der Waals surface area (Å²) in [6.45, 7) is 21.0. The molecule has 0 radical (unpaired) electrons. The normalized spacial score (nSPS) is 17.3. The molecule has 2 unspecified atom stereocenters. The molecule has 2 saturated heterocycles. The minimum absolute atomic E-state index is 0.0618. The van der Waals surface area contributed by atoms with Gasteiger partial charge in [0.15, 0.2) is 51.2 Å². The molecule has 348 valence electrons. The van der Waals surface area contributed by atoms with Crippen molar-refractivity contribution in [1.82, 2.24) is 9.80 Å². The Balaban J connectivity index is 1.38. The lowest BCUT2D eigenvalue weighted by Crippen LogP contribution is -2.46. The Morgan fingerprint density at radius 2 is 0.984 bits per heavy atom. The largest absolute Gasteiger partial charge is 0.493 e. The number of unbranched alkanes of at least 4 members (excludes halogenated alkanes) is 2. The van der Waals surface area contributed by atoms with E-state index in [2.05, 4.69) is 67.7 Å². The van der Waals surface area contributed by atoms with Crippen molar-refractivity contribution in [3.63, 3.8) is 0 Å². The van der Waals surface area contributed by atoms with Gasteiger partial charge in [0, 0.05) is 25.0 Å². The van der Waals surface area contributed by atoms with Gasteiger partial charge in [-0.1, -0.05) is 41.5 Å². The highest BCUT2D eigenvalue weighted by Gasteiger charge is 2.44. The van der Waals surface area contributed by atoms with Crippen molar-refractivity contribution in [1.29, 1.82) is 0 Å². The summed E-state index contributed by atoms with van der Waals surface area (Å²) in [6.07, 6.45) is 1.70. The van der Waals surface area contributed by atoms with Gasteiger partial charge in [-0.15, -0.1) is 0 Å². The summed E-state index contributed by atoms with van der Waals surface area (Å²) in [5.74, 6) is -1.34. The summed E-state index contributed by atoms with van der Waals surface area (Å²) in [7, 11) is -1.72. The zero-order valence-corrected chi connectivity index (χ0v) is 40.7. The molecule has 2 fully saturated rings. The Bertz CT molecular complexity index is 1920. The number of amides is 2. The van der Waals surface area contributed by atoms with E-state index in [9.17, 15) is 39.4 Å². The van der Waals surface area contributed by atoms with Crippen LogP contribution in [0.3, 0.4) is 0 Å². The lowest BCUT2D eigenvalue weighted by molar-refractivity contribution is -0.385. The van der Waals surface area contributed by atoms with Crippen LogP contribution in [0.1, 0.15) is 94.4 Å². The topological polar surface area (TPSA) is 216 Å². The summed E-state index contributed by atoms with van der Waals surface area (Å²) in [6, 6.07) is 3.68. The molecule has 4 rings (SSSR count). The van der Waals surface area contributed by atoms with Crippen LogP contribution in [0.25, 0.3) is 0 Å². The number of likely N-dealkylation sites (tertiary alicyclic amines) is 2. The number of Topliss-reactive ketones (excluding diaryl/α,β-unsaturated/α-hetero) is 2. The number of ether oxygens (including phenoxy) is 4. The fourth-order valence-corrected chi connectivity index (χ4v) is 8.75. The Labute approximate surface area is 371 Å². The van der Waals surface area contributed by atoms with Gasteiger partial charge in [0.2, 0.25) is 0 Å². The predicted molar refractivity (Wildman–Crippen MR) is 239 cm³/mol. The van der Waals surface area contributed by atoms with Crippen molar-refractivity contribution >= 4 is 51.4 Å². The van der Waals surface area contributed by atoms with Gasteiger partial charge in [-0.3, -0.25) is 39.4 Å². The summed E-state index contributed by atoms with van der Waals surface area (Å²) in [5, 5.41) is 24.3. The highest BCUT2D eigenvalue weighted by molar-refractivity contribution is 6.74. The molecule has 0 aliphatic carbocycles. The zero-order valence-electron chi connectivity index (χ0n) is 38.7. The zero-order chi connectivity index (χ0) is 47.2. The average molecular weight is 917 g/mol. The van der Waals surface area contributed by atoms with Gasteiger partial charge in [0.05, 0.1) is 87.8 Å². The number of ketones is 2. The van der Waals surface area contributed by atoms with E-state index in [1.165, 1.54) is 36.2 Å². The molecule has 2 amide bonds. The Morgan fingerprint density at radius 1 is 0.635 bits per heavy atom. The van der Waals surface area contributed by atoms with E-state index in [-0.39, 0.29) is 108 Å². The van der Waals surface area contributed by atoms with Crippen LogP contribution in [-0.4, -0.2) is 125 Å². The smallest absolute Gasteiger partial charge is 0.286 e. The number of nitro benzene ring substituents is 2. The third-order valence-corrected chi connectivity index (χ3v) is 21.6. The molecule has 18 nitrogen and oxygen atoms in total. The molecule has 63 heavy (non-hydrogen) atoms. The van der Waals surface area contributed by atoms with Crippen LogP contribution in [0.2, 0.25) is 36.3 Å². The molecular weight excluding hydrogens is 853 g/mol. The van der Waals surface area contributed by atoms with Gasteiger partial charge >= 0.3 is 0 Å². The molecule has 0 N–H and O–H groups in total. The summed E-state index contributed by atoms with van der Waals surface area (Å²) in [5.41, 5.74) is -1.45. The molecule has 2 aliphatic rings. The van der Waals surface area contributed by atoms with Crippen molar-refractivity contribution in [2.24, 2.45) is 0 Å². The maximum atomic E-state index is 13.8. The first kappa shape index (κ1) is 50.7. The van der Waals surface area contributed by atoms with Gasteiger partial charge in [-0.2, -0.15) is 0 Å². The lowest BCUT2D eigenvalue weighted by atomic mass is 10.1. The molecule has 2 aromatic rings. The van der Waals surface area contributed by atoms with Crippen LogP contribution in [0.4, 0.5) is 11.4 Å². The molecule has 0 saturated carbocycles. The number of carbonyl (C=O) groups is 4. The number of nitro groups is 2. The molecule has 20 heteroatoms. The van der Waals surface area contributed by atoms with Gasteiger partial charge in [-0.25, -0.2) is 0 Å². The van der Waals surface area contributed by atoms with E-state index in [1.807, 2.05) is 0 Å². The molecular formula is C43H64N4O14Si2. The average Bonchev–Trinajstić information content (AvgIpc) is 3.77. The van der Waals surface area contributed by atoms with Gasteiger partial charge < -0.3 is 37.6 Å².